The van der Waals surface area contributed by atoms with Gasteiger partial charge in [0.1, 0.15) is 18.9 Å². The summed E-state index contributed by atoms with van der Waals surface area (Å²) in [6.07, 6.45) is 1.47. The highest BCUT2D eigenvalue weighted by molar-refractivity contribution is 7.92. The van der Waals surface area contributed by atoms with Crippen LogP contribution < -0.4 is 14.5 Å². The third-order valence-electron chi connectivity index (χ3n) is 6.57. The molecule has 7 nitrogen and oxygen atoms in total. The number of hydrogen-bond donors (Lipinski definition) is 1. The van der Waals surface area contributed by atoms with Gasteiger partial charge < -0.3 is 4.74 Å². The van der Waals surface area contributed by atoms with E-state index >= 15 is 0 Å². The van der Waals surface area contributed by atoms with E-state index in [9.17, 15) is 13.2 Å². The fourth-order valence-corrected chi connectivity index (χ4v) is 6.09. The Labute approximate surface area is 250 Å². The molecule has 1 amide bonds. The quantitative estimate of drug-likeness (QED) is 0.143. The largest absolute Gasteiger partial charge is 0.489 e. The maximum atomic E-state index is 13.5. The summed E-state index contributed by atoms with van der Waals surface area (Å²) in [5.41, 5.74) is 5.34. The van der Waals surface area contributed by atoms with Gasteiger partial charge in [0.15, 0.2) is 0 Å². The summed E-state index contributed by atoms with van der Waals surface area (Å²) >= 11 is 6.32. The van der Waals surface area contributed by atoms with Crippen LogP contribution in [0, 0.1) is 6.92 Å². The molecule has 0 heterocycles. The number of rotatable bonds is 10. The highest BCUT2D eigenvalue weighted by atomic mass is 35.5. The molecule has 0 fully saturated rings. The summed E-state index contributed by atoms with van der Waals surface area (Å²) in [6.45, 7) is 1.77. The number of fused-ring (bicyclic) bond motifs is 1. The van der Waals surface area contributed by atoms with Crippen LogP contribution in [-0.2, 0) is 21.4 Å². The van der Waals surface area contributed by atoms with Gasteiger partial charge in [-0.1, -0.05) is 83.9 Å². The van der Waals surface area contributed by atoms with Gasteiger partial charge >= 0.3 is 0 Å². The maximum Gasteiger partial charge on any atom is 0.264 e. The normalized spacial score (nSPS) is 11.5. The third kappa shape index (κ3) is 6.79. The Kier molecular flexibility index (Phi) is 8.85. The second kappa shape index (κ2) is 12.9. The van der Waals surface area contributed by atoms with E-state index in [1.54, 1.807) is 36.4 Å². The van der Waals surface area contributed by atoms with E-state index in [1.165, 1.54) is 18.3 Å². The molecule has 0 aliphatic heterocycles. The molecule has 5 rings (SSSR count). The Morgan fingerprint density at radius 2 is 1.57 bits per heavy atom. The molecule has 0 radical (unpaired) electrons. The molecule has 5 aromatic rings. The minimum Gasteiger partial charge on any atom is -0.489 e. The molecule has 0 spiro atoms. The first kappa shape index (κ1) is 28.9. The molecule has 42 heavy (non-hydrogen) atoms. The summed E-state index contributed by atoms with van der Waals surface area (Å²) in [5, 5.41) is 6.53. The van der Waals surface area contributed by atoms with Gasteiger partial charge in [0.05, 0.1) is 21.8 Å². The monoisotopic (exact) mass is 597 g/mol. The predicted molar refractivity (Wildman–Crippen MR) is 168 cm³/mol. The zero-order valence-electron chi connectivity index (χ0n) is 22.8. The average molecular weight is 598 g/mol. The van der Waals surface area contributed by atoms with E-state index < -0.39 is 22.5 Å². The topological polar surface area (TPSA) is 88.1 Å². The Hall–Kier alpha value is -4.66. The van der Waals surface area contributed by atoms with Crippen LogP contribution in [0.5, 0.6) is 5.75 Å². The summed E-state index contributed by atoms with van der Waals surface area (Å²) in [5.74, 6) is 0.0673. The maximum absolute atomic E-state index is 13.5. The summed E-state index contributed by atoms with van der Waals surface area (Å²) in [4.78, 5) is 12.9. The van der Waals surface area contributed by atoms with Crippen LogP contribution >= 0.6 is 11.6 Å². The lowest BCUT2D eigenvalue weighted by molar-refractivity contribution is -0.119. The molecule has 0 aliphatic rings. The Morgan fingerprint density at radius 3 is 2.33 bits per heavy atom. The van der Waals surface area contributed by atoms with Crippen molar-refractivity contribution in [2.45, 2.75) is 18.4 Å². The predicted octanol–water partition coefficient (Wildman–Crippen LogP) is 6.73. The Bertz CT molecular complexity index is 1840. The van der Waals surface area contributed by atoms with Gasteiger partial charge in [-0.15, -0.1) is 0 Å². The number of benzene rings is 5. The average Bonchev–Trinajstić information content (AvgIpc) is 3.00. The van der Waals surface area contributed by atoms with E-state index in [2.05, 4.69) is 28.7 Å². The first-order chi connectivity index (χ1) is 20.3. The van der Waals surface area contributed by atoms with Crippen molar-refractivity contribution < 1.29 is 17.9 Å². The summed E-state index contributed by atoms with van der Waals surface area (Å²) in [6, 6.07) is 34.4. The number of halogens is 1. The molecule has 0 aliphatic carbocycles. The third-order valence-corrected chi connectivity index (χ3v) is 8.67. The van der Waals surface area contributed by atoms with Crippen LogP contribution in [0.4, 0.5) is 5.69 Å². The zero-order valence-corrected chi connectivity index (χ0v) is 24.3. The standard InChI is InChI=1S/C33H28ClN3O4S/c1-24-13-19-29(20-14-24)42(39,40)37(32-12-5-4-11-31(32)34)22-33(38)36-35-21-25-15-17-28(18-16-25)41-23-27-9-6-8-26-7-2-3-10-30(26)27/h2-21H,22-23H2,1H3,(H,36,38)/b35-21-. The van der Waals surface area contributed by atoms with Crippen LogP contribution in [0.2, 0.25) is 5.02 Å². The number of hydrogen-bond acceptors (Lipinski definition) is 5. The minimum absolute atomic E-state index is 0.0482. The summed E-state index contributed by atoms with van der Waals surface area (Å²) in [7, 11) is -4.09. The van der Waals surface area contributed by atoms with Crippen molar-refractivity contribution in [3.05, 3.63) is 137 Å². The number of carbonyl (C=O) groups is 1. The van der Waals surface area contributed by atoms with Crippen molar-refractivity contribution in [1.29, 1.82) is 0 Å². The second-order valence-electron chi connectivity index (χ2n) is 9.57. The number of ether oxygens (including phenoxy) is 1. The number of carbonyl (C=O) groups excluding carboxylic acids is 1. The molecule has 212 valence electrons. The molecule has 5 aromatic carbocycles. The van der Waals surface area contributed by atoms with Gasteiger partial charge in [-0.2, -0.15) is 5.10 Å². The Balaban J connectivity index is 1.23. The fraction of sp³-hybridized carbons (Fsp3) is 0.0909. The Morgan fingerprint density at radius 1 is 0.881 bits per heavy atom. The number of nitrogens with zero attached hydrogens (tertiary/aromatic N) is 2. The van der Waals surface area contributed by atoms with E-state index in [0.29, 0.717) is 12.4 Å². The van der Waals surface area contributed by atoms with Gasteiger partial charge in [-0.3, -0.25) is 9.10 Å². The first-order valence-corrected chi connectivity index (χ1v) is 15.0. The number of nitrogens with one attached hydrogen (secondary N) is 1. The molecule has 0 bridgehead atoms. The molecular formula is C33H28ClN3O4S. The van der Waals surface area contributed by atoms with Crippen LogP contribution in [0.25, 0.3) is 10.8 Å². The number of hydrazone groups is 1. The van der Waals surface area contributed by atoms with Crippen LogP contribution in [0.15, 0.2) is 125 Å². The van der Waals surface area contributed by atoms with Gasteiger partial charge in [0.2, 0.25) is 0 Å². The molecule has 1 N–H and O–H groups in total. The number of anilines is 1. The molecule has 0 aromatic heterocycles. The van der Waals surface area contributed by atoms with Crippen molar-refractivity contribution >= 4 is 50.2 Å². The first-order valence-electron chi connectivity index (χ1n) is 13.2. The fourth-order valence-electron chi connectivity index (χ4n) is 4.37. The molecular weight excluding hydrogens is 570 g/mol. The lowest BCUT2D eigenvalue weighted by Gasteiger charge is -2.24. The van der Waals surface area contributed by atoms with Gasteiger partial charge in [0.25, 0.3) is 15.9 Å². The van der Waals surface area contributed by atoms with E-state index in [-0.39, 0.29) is 15.6 Å². The lowest BCUT2D eigenvalue weighted by Crippen LogP contribution is -2.39. The summed E-state index contributed by atoms with van der Waals surface area (Å²) < 4.78 is 34.0. The van der Waals surface area contributed by atoms with Gasteiger partial charge in [-0.25, -0.2) is 13.8 Å². The van der Waals surface area contributed by atoms with Crippen molar-refractivity contribution in [3.8, 4) is 5.75 Å². The van der Waals surface area contributed by atoms with Crippen molar-refractivity contribution in [2.75, 3.05) is 10.8 Å². The van der Waals surface area contributed by atoms with Crippen molar-refractivity contribution in [3.63, 3.8) is 0 Å². The van der Waals surface area contributed by atoms with E-state index in [0.717, 1.165) is 31.8 Å². The number of para-hydroxylation sites is 1. The highest BCUT2D eigenvalue weighted by Gasteiger charge is 2.28. The van der Waals surface area contributed by atoms with E-state index in [1.807, 2.05) is 55.5 Å². The van der Waals surface area contributed by atoms with E-state index in [4.69, 9.17) is 16.3 Å². The smallest absolute Gasteiger partial charge is 0.264 e. The lowest BCUT2D eigenvalue weighted by atomic mass is 10.1. The minimum atomic E-state index is -4.09. The van der Waals surface area contributed by atoms with Crippen LogP contribution in [-0.4, -0.2) is 27.1 Å². The second-order valence-corrected chi connectivity index (χ2v) is 11.8. The number of sulfonamides is 1. The number of aryl methyl sites for hydroxylation is 1. The molecule has 0 unspecified atom stereocenters. The molecule has 0 atom stereocenters. The molecule has 9 heteroatoms. The van der Waals surface area contributed by atoms with Crippen molar-refractivity contribution in [1.82, 2.24) is 5.43 Å². The SMILES string of the molecule is Cc1ccc(S(=O)(=O)N(CC(=O)N/N=C\c2ccc(OCc3cccc4ccccc34)cc2)c2ccccc2Cl)cc1. The zero-order chi connectivity index (χ0) is 29.5. The molecule has 0 saturated heterocycles. The van der Waals surface area contributed by atoms with Crippen LogP contribution in [0.1, 0.15) is 16.7 Å². The highest BCUT2D eigenvalue weighted by Crippen LogP contribution is 2.30. The molecule has 0 saturated carbocycles. The van der Waals surface area contributed by atoms with Gasteiger partial charge in [0, 0.05) is 0 Å². The van der Waals surface area contributed by atoms with Gasteiger partial charge in [-0.05, 0) is 77.4 Å². The number of amides is 1. The van der Waals surface area contributed by atoms with Crippen molar-refractivity contribution in [2.24, 2.45) is 5.10 Å². The van der Waals surface area contributed by atoms with Crippen LogP contribution in [0.3, 0.4) is 0 Å².